The monoisotopic (exact) mass is 103 g/mol. The maximum Gasteiger partial charge on any atom is 1.00 e. The van der Waals surface area contributed by atoms with Crippen molar-refractivity contribution in [2.24, 2.45) is 0 Å². The van der Waals surface area contributed by atoms with Gasteiger partial charge in [0.25, 0.3) is 0 Å². The number of esters is 1. The molecule has 0 unspecified atom stereocenters. The second kappa shape index (κ2) is 2.61. The summed E-state index contributed by atoms with van der Waals surface area (Å²) >= 11 is 0. The number of rotatable bonds is 1. The van der Waals surface area contributed by atoms with Gasteiger partial charge in [-0.15, -0.1) is 0 Å². The van der Waals surface area contributed by atoms with Crippen LogP contribution < -0.4 is 0 Å². The van der Waals surface area contributed by atoms with E-state index in [4.69, 9.17) is 0 Å². The fourth-order valence-electron chi connectivity index (χ4n) is 0.332. The van der Waals surface area contributed by atoms with Gasteiger partial charge >= 0.3 is 7.40 Å². The molecule has 0 aromatic heterocycles. The molecule has 0 aliphatic rings. The van der Waals surface area contributed by atoms with Crippen LogP contribution in [0.2, 0.25) is 0 Å². The van der Waals surface area contributed by atoms with Gasteiger partial charge in [-0.05, 0) is 13.8 Å². The van der Waals surface area contributed by atoms with E-state index in [2.05, 4.69) is 4.74 Å². The van der Waals surface area contributed by atoms with E-state index in [0.29, 0.717) is 0 Å². The van der Waals surface area contributed by atoms with Crippen molar-refractivity contribution in [2.45, 2.75) is 26.9 Å². The summed E-state index contributed by atoms with van der Waals surface area (Å²) in [6.07, 6.45) is 0.0255. The molecule has 0 radical (unpaired) electrons. The van der Waals surface area contributed by atoms with Crippen molar-refractivity contribution in [3.05, 3.63) is 0 Å². The number of carbonyl (C=O) groups excluding carboxylic acids is 1. The maximum absolute atomic E-state index is 10.0. The van der Waals surface area contributed by atoms with Gasteiger partial charge in [0, 0.05) is 6.92 Å². The van der Waals surface area contributed by atoms with Crippen LogP contribution in [0.15, 0.2) is 0 Å². The van der Waals surface area contributed by atoms with Crippen LogP contribution in [0.5, 0.6) is 0 Å². The van der Waals surface area contributed by atoms with E-state index >= 15 is 0 Å². The van der Waals surface area contributed by atoms with E-state index in [1.165, 1.54) is 6.92 Å². The first-order valence-electron chi connectivity index (χ1n) is 2.30. The summed E-state index contributed by atoms with van der Waals surface area (Å²) in [6, 6.07) is 0. The van der Waals surface area contributed by atoms with Gasteiger partial charge in [0.15, 0.2) is 0 Å². The van der Waals surface area contributed by atoms with E-state index in [1.54, 1.807) is 0 Å². The lowest BCUT2D eigenvalue weighted by Gasteiger charge is -2.01. The Bertz CT molecular complexity index is 70.8. The highest BCUT2D eigenvalue weighted by molar-refractivity contribution is 5.66. The molecule has 2 heteroatoms. The molecule has 0 spiro atoms. The zero-order valence-corrected chi connectivity index (χ0v) is 4.89. The lowest BCUT2D eigenvalue weighted by molar-refractivity contribution is -0.144. The first-order valence-corrected chi connectivity index (χ1v) is 2.30. The second-order valence-electron chi connectivity index (χ2n) is 1.66. The molecular formula is C5H11O2+. The Morgan fingerprint density at radius 3 is 2.14 bits per heavy atom. The minimum Gasteiger partial charge on any atom is -0.463 e. The third-order valence-corrected chi connectivity index (χ3v) is 0.402. The Morgan fingerprint density at radius 2 is 2.14 bits per heavy atom. The van der Waals surface area contributed by atoms with Crippen molar-refractivity contribution >= 4 is 5.97 Å². The van der Waals surface area contributed by atoms with Crippen LogP contribution in [0, 0.1) is 0 Å². The largest absolute Gasteiger partial charge is 1.00 e. The normalized spacial score (nSPS) is 9.14. The third-order valence-electron chi connectivity index (χ3n) is 0.402. The lowest BCUT2D eigenvalue weighted by Crippen LogP contribution is -2.06. The van der Waals surface area contributed by atoms with E-state index in [0.717, 1.165) is 0 Å². The van der Waals surface area contributed by atoms with Gasteiger partial charge in [-0.1, -0.05) is 0 Å². The molecule has 0 aliphatic heterocycles. The van der Waals surface area contributed by atoms with E-state index < -0.39 is 0 Å². The van der Waals surface area contributed by atoms with Gasteiger partial charge in [0.05, 0.1) is 6.10 Å². The van der Waals surface area contributed by atoms with Crippen LogP contribution >= 0.6 is 0 Å². The van der Waals surface area contributed by atoms with Crippen molar-refractivity contribution in [3.8, 4) is 0 Å². The number of carbonyl (C=O) groups is 1. The summed E-state index contributed by atoms with van der Waals surface area (Å²) < 4.78 is 4.61. The summed E-state index contributed by atoms with van der Waals surface area (Å²) in [5.41, 5.74) is 0. The second-order valence-corrected chi connectivity index (χ2v) is 1.66. The maximum atomic E-state index is 10.0. The van der Waals surface area contributed by atoms with Crippen molar-refractivity contribution in [2.75, 3.05) is 0 Å². The zero-order valence-electron chi connectivity index (χ0n) is 5.89. The number of ether oxygens (including phenoxy) is 1. The van der Waals surface area contributed by atoms with E-state index in [-0.39, 0.29) is 13.5 Å². The molecule has 0 saturated heterocycles. The molecule has 0 saturated carbocycles. The Morgan fingerprint density at radius 1 is 1.71 bits per heavy atom. The highest BCUT2D eigenvalue weighted by atomic mass is 16.5. The molecule has 0 atom stereocenters. The summed E-state index contributed by atoms with van der Waals surface area (Å²) in [4.78, 5) is 10.0. The molecule has 0 rings (SSSR count). The molecule has 0 N–H and O–H groups in total. The minimum absolute atomic E-state index is 0. The van der Waals surface area contributed by atoms with Crippen molar-refractivity contribution in [1.29, 1.82) is 0 Å². The lowest BCUT2D eigenvalue weighted by atomic mass is 10.5. The molecule has 2 nitrogen and oxygen atoms in total. The number of hydrogen-bond donors (Lipinski definition) is 0. The van der Waals surface area contributed by atoms with Crippen LogP contribution in [0.4, 0.5) is 0 Å². The SMILES string of the molecule is CC(=O)OC(C)C.[H+]. The molecule has 0 aromatic rings. The molecular weight excluding hydrogens is 92.1 g/mol. The highest BCUT2D eigenvalue weighted by Crippen LogP contribution is 1.85. The van der Waals surface area contributed by atoms with Gasteiger partial charge in [-0.2, -0.15) is 0 Å². The van der Waals surface area contributed by atoms with E-state index in [1.807, 2.05) is 13.8 Å². The smallest absolute Gasteiger partial charge is 0.463 e. The van der Waals surface area contributed by atoms with Crippen molar-refractivity contribution < 1.29 is 11.0 Å². The zero-order chi connectivity index (χ0) is 5.86. The predicted octanol–water partition coefficient (Wildman–Crippen LogP) is 1.07. The highest BCUT2D eigenvalue weighted by Gasteiger charge is 1.93. The first-order chi connectivity index (χ1) is 3.13. The molecule has 0 amide bonds. The summed E-state index contributed by atoms with van der Waals surface area (Å²) in [7, 11) is 0. The predicted molar refractivity (Wildman–Crippen MR) is 28.0 cm³/mol. The fraction of sp³-hybridized carbons (Fsp3) is 0.800. The molecule has 0 aliphatic carbocycles. The Hall–Kier alpha value is -0.530. The Balaban J connectivity index is 0. The van der Waals surface area contributed by atoms with Crippen LogP contribution in [0.3, 0.4) is 0 Å². The molecule has 7 heavy (non-hydrogen) atoms. The van der Waals surface area contributed by atoms with Gasteiger partial charge in [0.1, 0.15) is 0 Å². The molecule has 42 valence electrons. The average Bonchev–Trinajstić information content (AvgIpc) is 1.27. The fourth-order valence-corrected chi connectivity index (χ4v) is 0.332. The Labute approximate surface area is 45.0 Å². The van der Waals surface area contributed by atoms with Gasteiger partial charge < -0.3 is 4.74 Å². The van der Waals surface area contributed by atoms with E-state index in [9.17, 15) is 4.79 Å². The van der Waals surface area contributed by atoms with Gasteiger partial charge in [0.2, 0.25) is 0 Å². The van der Waals surface area contributed by atoms with Crippen LogP contribution in [0.25, 0.3) is 0 Å². The van der Waals surface area contributed by atoms with Crippen molar-refractivity contribution in [3.63, 3.8) is 0 Å². The molecule has 0 fully saturated rings. The Kier molecular flexibility index (Phi) is 2.41. The topological polar surface area (TPSA) is 26.3 Å². The standard InChI is InChI=1S/C5H10O2/c1-4(2)7-5(3)6/h4H,1-3H3/p+1. The third kappa shape index (κ3) is 5.47. The first kappa shape index (κ1) is 6.47. The van der Waals surface area contributed by atoms with Gasteiger partial charge in [-0.25, -0.2) is 0 Å². The minimum atomic E-state index is -0.213. The number of hydrogen-bond acceptors (Lipinski definition) is 2. The molecule has 0 bridgehead atoms. The van der Waals surface area contributed by atoms with Crippen LogP contribution in [-0.2, 0) is 9.53 Å². The molecule has 0 heterocycles. The van der Waals surface area contributed by atoms with Crippen molar-refractivity contribution in [1.82, 2.24) is 0 Å². The summed E-state index contributed by atoms with van der Waals surface area (Å²) in [5, 5.41) is 0. The molecule has 0 aromatic carbocycles. The summed E-state index contributed by atoms with van der Waals surface area (Å²) in [6.45, 7) is 5.04. The quantitative estimate of drug-likeness (QED) is 0.464. The summed E-state index contributed by atoms with van der Waals surface area (Å²) in [5.74, 6) is -0.213. The van der Waals surface area contributed by atoms with Crippen LogP contribution in [0.1, 0.15) is 22.2 Å². The average molecular weight is 103 g/mol. The van der Waals surface area contributed by atoms with Gasteiger partial charge in [-0.3, -0.25) is 4.79 Å². The van der Waals surface area contributed by atoms with Crippen LogP contribution in [-0.4, -0.2) is 12.1 Å².